The molecule has 0 aromatic heterocycles. The highest BCUT2D eigenvalue weighted by atomic mass is 32.2. The minimum Gasteiger partial charge on any atom is -0.351 e. The van der Waals surface area contributed by atoms with Gasteiger partial charge in [0.05, 0.1) is 0 Å². The Bertz CT molecular complexity index is 764. The molecular formula is C22H22N2OS. The molecule has 0 aliphatic heterocycles. The Morgan fingerprint density at radius 2 is 1.62 bits per heavy atom. The number of rotatable bonds is 8. The lowest BCUT2D eigenvalue weighted by Gasteiger charge is -2.08. The first-order valence-electron chi connectivity index (χ1n) is 8.46. The third kappa shape index (κ3) is 5.94. The molecule has 1 N–H and O–H groups in total. The summed E-state index contributed by atoms with van der Waals surface area (Å²) >= 11 is 1.74. The first kappa shape index (κ1) is 19.6. The van der Waals surface area contributed by atoms with Crippen LogP contribution in [0.15, 0.2) is 78.4 Å². The van der Waals surface area contributed by atoms with Gasteiger partial charge in [-0.3, -0.25) is 4.79 Å². The molecular weight excluding hydrogens is 340 g/mol. The topological polar surface area (TPSA) is 52.9 Å². The van der Waals surface area contributed by atoms with Crippen molar-refractivity contribution in [2.45, 2.75) is 6.42 Å². The number of carbonyl (C=O) groups excluding carboxylic acids is 1. The van der Waals surface area contributed by atoms with E-state index in [0.29, 0.717) is 6.54 Å². The molecule has 0 radical (unpaired) electrons. The third-order valence-electron chi connectivity index (χ3n) is 3.76. The van der Waals surface area contributed by atoms with Crippen molar-refractivity contribution in [2.75, 3.05) is 18.6 Å². The lowest BCUT2D eigenvalue weighted by atomic mass is 9.97. The van der Waals surface area contributed by atoms with E-state index in [1.54, 1.807) is 17.8 Å². The zero-order chi connectivity index (χ0) is 18.6. The van der Waals surface area contributed by atoms with E-state index in [0.717, 1.165) is 28.9 Å². The molecule has 2 aromatic carbocycles. The van der Waals surface area contributed by atoms with Gasteiger partial charge >= 0.3 is 0 Å². The number of benzene rings is 2. The summed E-state index contributed by atoms with van der Waals surface area (Å²) < 4.78 is 0. The number of nitrogens with zero attached hydrogens (tertiary/aromatic N) is 1. The fourth-order valence-electron chi connectivity index (χ4n) is 2.44. The maximum atomic E-state index is 12.2. The van der Waals surface area contributed by atoms with Crippen molar-refractivity contribution >= 4 is 23.2 Å². The Hall–Kier alpha value is -2.77. The zero-order valence-electron chi connectivity index (χ0n) is 14.8. The van der Waals surface area contributed by atoms with E-state index in [4.69, 9.17) is 0 Å². The molecule has 0 aliphatic carbocycles. The molecule has 1 amide bonds. The first-order valence-corrected chi connectivity index (χ1v) is 9.85. The standard InChI is InChI=1S/C22H22N2OS/c1-26-16-8-15-24-22(25)20(17-23)13-14-21(18-9-4-2-5-10-18)19-11-6-3-7-12-19/h2-7,9-14H,8,15-16H2,1H3,(H,24,25)/b20-13+. The van der Waals surface area contributed by atoms with Gasteiger partial charge in [-0.1, -0.05) is 66.7 Å². The van der Waals surface area contributed by atoms with Crippen LogP contribution in [0.4, 0.5) is 0 Å². The molecule has 0 bridgehead atoms. The Morgan fingerprint density at radius 1 is 1.04 bits per heavy atom. The van der Waals surface area contributed by atoms with E-state index in [2.05, 4.69) is 5.32 Å². The molecule has 0 saturated heterocycles. The SMILES string of the molecule is CSCCCNC(=O)/C(C#N)=C/C=C(c1ccccc1)c1ccccc1. The number of hydrogen-bond acceptors (Lipinski definition) is 3. The highest BCUT2D eigenvalue weighted by Gasteiger charge is 2.08. The van der Waals surface area contributed by atoms with Gasteiger partial charge in [-0.15, -0.1) is 0 Å². The third-order valence-corrected chi connectivity index (χ3v) is 4.46. The fourth-order valence-corrected chi connectivity index (χ4v) is 2.87. The number of amides is 1. The van der Waals surface area contributed by atoms with Gasteiger partial charge in [0.2, 0.25) is 0 Å². The van der Waals surface area contributed by atoms with E-state index in [-0.39, 0.29) is 11.5 Å². The summed E-state index contributed by atoms with van der Waals surface area (Å²) in [6.07, 6.45) is 6.35. The van der Waals surface area contributed by atoms with Gasteiger partial charge in [0.15, 0.2) is 0 Å². The summed E-state index contributed by atoms with van der Waals surface area (Å²) in [6.45, 7) is 0.576. The lowest BCUT2D eigenvalue weighted by Crippen LogP contribution is -2.25. The maximum Gasteiger partial charge on any atom is 0.261 e. The average Bonchev–Trinajstić information content (AvgIpc) is 2.70. The van der Waals surface area contributed by atoms with Gasteiger partial charge in [0.1, 0.15) is 11.6 Å². The Balaban J connectivity index is 2.26. The van der Waals surface area contributed by atoms with Crippen LogP contribution in [0.1, 0.15) is 17.5 Å². The van der Waals surface area contributed by atoms with E-state index in [1.165, 1.54) is 0 Å². The molecule has 26 heavy (non-hydrogen) atoms. The van der Waals surface area contributed by atoms with Crippen molar-refractivity contribution in [3.05, 3.63) is 89.5 Å². The summed E-state index contributed by atoms with van der Waals surface area (Å²) in [5.74, 6) is 0.656. The van der Waals surface area contributed by atoms with Gasteiger partial charge in [-0.05, 0) is 41.2 Å². The maximum absolute atomic E-state index is 12.2. The zero-order valence-corrected chi connectivity index (χ0v) is 15.6. The van der Waals surface area contributed by atoms with Gasteiger partial charge < -0.3 is 5.32 Å². The number of nitrogens with one attached hydrogen (secondary N) is 1. The predicted octanol–water partition coefficient (Wildman–Crippen LogP) is 4.44. The van der Waals surface area contributed by atoms with Crippen molar-refractivity contribution in [3.8, 4) is 6.07 Å². The summed E-state index contributed by atoms with van der Waals surface area (Å²) in [4.78, 5) is 12.2. The molecule has 0 spiro atoms. The highest BCUT2D eigenvalue weighted by Crippen LogP contribution is 2.23. The average molecular weight is 362 g/mol. The van der Waals surface area contributed by atoms with E-state index >= 15 is 0 Å². The number of nitriles is 1. The Morgan fingerprint density at radius 3 is 2.12 bits per heavy atom. The molecule has 3 nitrogen and oxygen atoms in total. The normalized spacial score (nSPS) is 10.7. The van der Waals surface area contributed by atoms with Gasteiger partial charge in [-0.25, -0.2) is 0 Å². The number of thioether (sulfide) groups is 1. The van der Waals surface area contributed by atoms with Crippen LogP contribution in [-0.2, 0) is 4.79 Å². The van der Waals surface area contributed by atoms with Crippen molar-refractivity contribution in [1.29, 1.82) is 5.26 Å². The second-order valence-corrected chi connectivity index (χ2v) is 6.59. The molecule has 0 aliphatic rings. The smallest absolute Gasteiger partial charge is 0.261 e. The summed E-state index contributed by atoms with van der Waals surface area (Å²) in [7, 11) is 0. The molecule has 0 saturated carbocycles. The minimum atomic E-state index is -0.328. The second-order valence-electron chi connectivity index (χ2n) is 5.61. The van der Waals surface area contributed by atoms with Crippen LogP contribution in [0.3, 0.4) is 0 Å². The molecule has 2 rings (SSSR count). The second kappa shape index (κ2) is 11.0. The van der Waals surface area contributed by atoms with Crippen molar-refractivity contribution in [2.24, 2.45) is 0 Å². The van der Waals surface area contributed by atoms with Crippen LogP contribution in [0.2, 0.25) is 0 Å². The molecule has 0 fully saturated rings. The van der Waals surface area contributed by atoms with Crippen LogP contribution in [0.25, 0.3) is 5.57 Å². The van der Waals surface area contributed by atoms with E-state index < -0.39 is 0 Å². The molecule has 0 atom stereocenters. The van der Waals surface area contributed by atoms with Crippen LogP contribution in [-0.4, -0.2) is 24.5 Å². The first-order chi connectivity index (χ1) is 12.8. The van der Waals surface area contributed by atoms with Crippen molar-refractivity contribution in [1.82, 2.24) is 5.32 Å². The van der Waals surface area contributed by atoms with Gasteiger partial charge in [0, 0.05) is 6.54 Å². The van der Waals surface area contributed by atoms with Crippen LogP contribution >= 0.6 is 11.8 Å². The Kier molecular flexibility index (Phi) is 8.25. The van der Waals surface area contributed by atoms with Crippen molar-refractivity contribution in [3.63, 3.8) is 0 Å². The van der Waals surface area contributed by atoms with Gasteiger partial charge in [-0.2, -0.15) is 17.0 Å². The summed E-state index contributed by atoms with van der Waals surface area (Å²) in [5, 5.41) is 12.1. The summed E-state index contributed by atoms with van der Waals surface area (Å²) in [6, 6.07) is 21.9. The molecule has 132 valence electrons. The quantitative estimate of drug-likeness (QED) is 0.327. The van der Waals surface area contributed by atoms with Gasteiger partial charge in [0.25, 0.3) is 5.91 Å². The lowest BCUT2D eigenvalue weighted by molar-refractivity contribution is -0.117. The monoisotopic (exact) mass is 362 g/mol. The number of hydrogen-bond donors (Lipinski definition) is 1. The molecule has 2 aromatic rings. The highest BCUT2D eigenvalue weighted by molar-refractivity contribution is 7.98. The Labute approximate surface area is 159 Å². The van der Waals surface area contributed by atoms with Crippen molar-refractivity contribution < 1.29 is 4.79 Å². The van der Waals surface area contributed by atoms with E-state index in [9.17, 15) is 10.1 Å². The van der Waals surface area contributed by atoms with Crippen LogP contribution < -0.4 is 5.32 Å². The molecule has 0 heterocycles. The van der Waals surface area contributed by atoms with E-state index in [1.807, 2.05) is 79.1 Å². The largest absolute Gasteiger partial charge is 0.351 e. The van der Waals surface area contributed by atoms with Crippen LogP contribution in [0.5, 0.6) is 0 Å². The summed E-state index contributed by atoms with van der Waals surface area (Å²) in [5.41, 5.74) is 3.15. The number of carbonyl (C=O) groups is 1. The van der Waals surface area contributed by atoms with Crippen LogP contribution in [0, 0.1) is 11.3 Å². The molecule has 4 heteroatoms. The predicted molar refractivity (Wildman–Crippen MR) is 110 cm³/mol. The fraction of sp³-hybridized carbons (Fsp3) is 0.182. The molecule has 0 unspecified atom stereocenters. The minimum absolute atomic E-state index is 0.110. The number of allylic oxidation sites excluding steroid dienone is 2.